The third kappa shape index (κ3) is 6.75. The van der Waals surface area contributed by atoms with Crippen LogP contribution in [0.25, 0.3) is 6.08 Å². The van der Waals surface area contributed by atoms with E-state index < -0.39 is 5.91 Å². The second-order valence-corrected chi connectivity index (χ2v) is 9.20. The number of hydrogen-bond donors (Lipinski definition) is 1. The van der Waals surface area contributed by atoms with E-state index in [1.165, 1.54) is 6.08 Å². The van der Waals surface area contributed by atoms with E-state index in [1.54, 1.807) is 30.3 Å². The van der Waals surface area contributed by atoms with Crippen molar-refractivity contribution in [2.75, 3.05) is 0 Å². The fourth-order valence-corrected chi connectivity index (χ4v) is 4.31. The van der Waals surface area contributed by atoms with Crippen molar-refractivity contribution >= 4 is 62.7 Å². The predicted octanol–water partition coefficient (Wildman–Crippen LogP) is 7.77. The summed E-state index contributed by atoms with van der Waals surface area (Å²) in [5.74, 6) is -0.0402. The summed E-state index contributed by atoms with van der Waals surface area (Å²) in [6.07, 6.45) is 1.48. The van der Waals surface area contributed by atoms with Gasteiger partial charge in [0, 0.05) is 0 Å². The summed E-state index contributed by atoms with van der Waals surface area (Å²) in [6.45, 7) is 2.09. The monoisotopic (exact) mass is 562 g/mol. The number of halogens is 4. The molecule has 0 aromatic heterocycles. The summed E-state index contributed by atoms with van der Waals surface area (Å²) >= 11 is 21.8. The van der Waals surface area contributed by atoms with Gasteiger partial charge in [0.25, 0.3) is 5.91 Å². The number of ether oxygens (including phenoxy) is 1. The smallest absolute Gasteiger partial charge is 0.262 e. The van der Waals surface area contributed by atoms with Gasteiger partial charge in [-0.15, -0.1) is 0 Å². The van der Waals surface area contributed by atoms with Gasteiger partial charge in [-0.2, -0.15) is 5.26 Å². The van der Waals surface area contributed by atoms with E-state index in [0.29, 0.717) is 30.9 Å². The number of amides is 1. The van der Waals surface area contributed by atoms with Crippen molar-refractivity contribution in [1.82, 2.24) is 5.32 Å². The largest absolute Gasteiger partial charge is 0.486 e. The Morgan fingerprint density at radius 2 is 1.82 bits per heavy atom. The van der Waals surface area contributed by atoms with Gasteiger partial charge in [-0.3, -0.25) is 4.79 Å². The van der Waals surface area contributed by atoms with Gasteiger partial charge < -0.3 is 10.1 Å². The van der Waals surface area contributed by atoms with E-state index in [0.717, 1.165) is 11.1 Å². The number of nitrogens with zero attached hydrogens (tertiary/aromatic N) is 1. The number of benzene rings is 3. The molecule has 33 heavy (non-hydrogen) atoms. The average molecular weight is 565 g/mol. The Labute approximate surface area is 215 Å². The maximum absolute atomic E-state index is 12.6. The van der Waals surface area contributed by atoms with Crippen molar-refractivity contribution in [2.45, 2.75) is 19.6 Å². The first-order valence-electron chi connectivity index (χ1n) is 9.82. The van der Waals surface area contributed by atoms with Gasteiger partial charge in [0.05, 0.1) is 25.6 Å². The van der Waals surface area contributed by atoms with Crippen molar-refractivity contribution in [3.63, 3.8) is 0 Å². The van der Waals surface area contributed by atoms with Gasteiger partial charge in [0.1, 0.15) is 18.2 Å². The highest BCUT2D eigenvalue weighted by Gasteiger charge is 2.15. The molecular weight excluding hydrogens is 547 g/mol. The Morgan fingerprint density at radius 1 is 1.09 bits per heavy atom. The minimum absolute atomic E-state index is 0.0368. The molecule has 0 bridgehead atoms. The van der Waals surface area contributed by atoms with Crippen LogP contribution in [-0.2, 0) is 11.4 Å². The zero-order valence-corrected chi connectivity index (χ0v) is 21.3. The lowest BCUT2D eigenvalue weighted by Crippen LogP contribution is -2.27. The third-order valence-electron chi connectivity index (χ3n) is 4.71. The molecule has 0 spiro atoms. The second-order valence-electron chi connectivity index (χ2n) is 7.13. The molecular formula is C25H18BrCl3N2O2. The van der Waals surface area contributed by atoms with E-state index in [9.17, 15) is 10.1 Å². The van der Waals surface area contributed by atoms with Crippen molar-refractivity contribution in [3.8, 4) is 11.8 Å². The second kappa shape index (κ2) is 11.6. The van der Waals surface area contributed by atoms with Gasteiger partial charge in [-0.25, -0.2) is 0 Å². The number of carbonyl (C=O) groups is 1. The van der Waals surface area contributed by atoms with Crippen LogP contribution < -0.4 is 10.1 Å². The van der Waals surface area contributed by atoms with Crippen molar-refractivity contribution in [1.29, 1.82) is 5.26 Å². The molecule has 0 saturated heterocycles. The molecule has 3 aromatic rings. The molecule has 1 atom stereocenters. The minimum atomic E-state index is -0.471. The zero-order valence-electron chi connectivity index (χ0n) is 17.4. The Hall–Kier alpha value is -2.49. The van der Waals surface area contributed by atoms with E-state index in [-0.39, 0.29) is 18.2 Å². The standard InChI is InChI=1S/C25H18BrCl3N2O2/c1-15(18-5-3-2-4-6-18)31-25(32)19(13-30)9-17-10-20(26)24(23(29)12-17)33-14-16-7-8-21(27)22(28)11-16/h2-12,15H,14H2,1H3,(H,31,32)/b19-9-/t15-/m0/s1. The lowest BCUT2D eigenvalue weighted by Gasteiger charge is -2.14. The van der Waals surface area contributed by atoms with Crippen molar-refractivity contribution in [3.05, 3.63) is 102 Å². The van der Waals surface area contributed by atoms with Crippen LogP contribution in [0.3, 0.4) is 0 Å². The number of hydrogen-bond acceptors (Lipinski definition) is 3. The molecule has 0 saturated carbocycles. The molecule has 0 radical (unpaired) electrons. The van der Waals surface area contributed by atoms with Gasteiger partial charge >= 0.3 is 0 Å². The van der Waals surface area contributed by atoms with Crippen LogP contribution in [0.1, 0.15) is 29.7 Å². The number of carbonyl (C=O) groups excluding carboxylic acids is 1. The van der Waals surface area contributed by atoms with Crippen LogP contribution in [0.4, 0.5) is 0 Å². The number of nitrogens with one attached hydrogen (secondary N) is 1. The van der Waals surface area contributed by atoms with E-state index in [1.807, 2.05) is 43.3 Å². The number of nitriles is 1. The highest BCUT2D eigenvalue weighted by molar-refractivity contribution is 9.10. The highest BCUT2D eigenvalue weighted by Crippen LogP contribution is 2.36. The topological polar surface area (TPSA) is 62.1 Å². The van der Waals surface area contributed by atoms with Gasteiger partial charge in [-0.05, 0) is 69.9 Å². The fourth-order valence-electron chi connectivity index (χ4n) is 3.00. The lowest BCUT2D eigenvalue weighted by molar-refractivity contribution is -0.117. The summed E-state index contributed by atoms with van der Waals surface area (Å²) in [7, 11) is 0. The average Bonchev–Trinajstić information content (AvgIpc) is 2.79. The Kier molecular flexibility index (Phi) is 8.82. The summed E-state index contributed by atoms with van der Waals surface area (Å²) in [5.41, 5.74) is 2.31. The molecule has 0 aliphatic rings. The van der Waals surface area contributed by atoms with Crippen molar-refractivity contribution in [2.24, 2.45) is 0 Å². The Bertz CT molecular complexity index is 1220. The molecule has 0 aliphatic carbocycles. The first-order valence-corrected chi connectivity index (χ1v) is 11.7. The molecule has 3 rings (SSSR count). The Morgan fingerprint density at radius 3 is 2.45 bits per heavy atom. The summed E-state index contributed by atoms with van der Waals surface area (Å²) < 4.78 is 6.42. The molecule has 1 amide bonds. The molecule has 3 aromatic carbocycles. The van der Waals surface area contributed by atoms with E-state index >= 15 is 0 Å². The van der Waals surface area contributed by atoms with Crippen LogP contribution >= 0.6 is 50.7 Å². The molecule has 4 nitrogen and oxygen atoms in total. The first kappa shape index (κ1) is 25.1. The molecule has 8 heteroatoms. The predicted molar refractivity (Wildman–Crippen MR) is 137 cm³/mol. The quantitative estimate of drug-likeness (QED) is 0.236. The fraction of sp³-hybridized carbons (Fsp3) is 0.120. The summed E-state index contributed by atoms with van der Waals surface area (Å²) in [6, 6.07) is 19.8. The maximum atomic E-state index is 12.6. The van der Waals surface area contributed by atoms with Gasteiger partial charge in [-0.1, -0.05) is 71.2 Å². The summed E-state index contributed by atoms with van der Waals surface area (Å²) in [5, 5.41) is 13.6. The van der Waals surface area contributed by atoms with Crippen LogP contribution in [0.5, 0.6) is 5.75 Å². The molecule has 1 N–H and O–H groups in total. The molecule has 0 unspecified atom stereocenters. The molecule has 0 aliphatic heterocycles. The van der Waals surface area contributed by atoms with Crippen molar-refractivity contribution < 1.29 is 9.53 Å². The lowest BCUT2D eigenvalue weighted by atomic mass is 10.1. The third-order valence-corrected chi connectivity index (χ3v) is 6.32. The Balaban J connectivity index is 1.74. The van der Waals surface area contributed by atoms with Gasteiger partial charge in [0.15, 0.2) is 5.75 Å². The van der Waals surface area contributed by atoms with Crippen LogP contribution in [-0.4, -0.2) is 5.91 Å². The zero-order chi connectivity index (χ0) is 24.0. The molecule has 168 valence electrons. The van der Waals surface area contributed by atoms with Crippen LogP contribution in [0, 0.1) is 11.3 Å². The SMILES string of the molecule is C[C@H](NC(=O)/C(C#N)=C\c1cc(Cl)c(OCc2ccc(Cl)c(Cl)c2)c(Br)c1)c1ccccc1. The maximum Gasteiger partial charge on any atom is 0.262 e. The van der Waals surface area contributed by atoms with Gasteiger partial charge in [0.2, 0.25) is 0 Å². The molecule has 0 fully saturated rings. The minimum Gasteiger partial charge on any atom is -0.486 e. The van der Waals surface area contributed by atoms with E-state index in [4.69, 9.17) is 39.5 Å². The highest BCUT2D eigenvalue weighted by atomic mass is 79.9. The van der Waals surface area contributed by atoms with Crippen LogP contribution in [0.2, 0.25) is 15.1 Å². The summed E-state index contributed by atoms with van der Waals surface area (Å²) in [4.78, 5) is 12.6. The molecule has 0 heterocycles. The number of rotatable bonds is 7. The first-order chi connectivity index (χ1) is 15.8. The normalized spacial score (nSPS) is 12.1. The van der Waals surface area contributed by atoms with E-state index in [2.05, 4.69) is 21.2 Å². The van der Waals surface area contributed by atoms with Crippen LogP contribution in [0.15, 0.2) is 70.7 Å².